The molecule has 8 heteroatoms. The average Bonchev–Trinajstić information content (AvgIpc) is 3.33. The topological polar surface area (TPSA) is 78.1 Å². The minimum atomic E-state index is -0.292. The largest absolute Gasteiger partial charge is 0.469 e. The van der Waals surface area contributed by atoms with Crippen LogP contribution < -0.4 is 0 Å². The molecular formula is C17H12FN3O3S. The van der Waals surface area contributed by atoms with Gasteiger partial charge >= 0.3 is 0 Å². The van der Waals surface area contributed by atoms with Crippen molar-refractivity contribution in [2.24, 2.45) is 0 Å². The summed E-state index contributed by atoms with van der Waals surface area (Å²) < 4.78 is 29.5. The maximum Gasteiger partial charge on any atom is 0.277 e. The van der Waals surface area contributed by atoms with Crippen LogP contribution in [0.15, 0.2) is 61.3 Å². The number of hydrogen-bond donors (Lipinski definition) is 0. The summed E-state index contributed by atoms with van der Waals surface area (Å²) in [6.07, 6.45) is 3.18. The zero-order valence-corrected chi connectivity index (χ0v) is 13.9. The van der Waals surface area contributed by atoms with Gasteiger partial charge in [0.2, 0.25) is 5.89 Å². The van der Waals surface area contributed by atoms with Crippen molar-refractivity contribution in [2.45, 2.75) is 17.9 Å². The second-order valence-electron chi connectivity index (χ2n) is 5.18. The lowest BCUT2D eigenvalue weighted by Gasteiger charge is -1.95. The molecule has 4 aromatic rings. The molecule has 126 valence electrons. The van der Waals surface area contributed by atoms with Crippen LogP contribution >= 0.6 is 11.8 Å². The highest BCUT2D eigenvalue weighted by Gasteiger charge is 2.14. The van der Waals surface area contributed by atoms with Crippen LogP contribution in [0.3, 0.4) is 0 Å². The van der Waals surface area contributed by atoms with E-state index >= 15 is 0 Å². The van der Waals surface area contributed by atoms with E-state index in [0.29, 0.717) is 28.5 Å². The first-order chi connectivity index (χ1) is 12.2. The molecule has 1 aromatic carbocycles. The number of aryl methyl sites for hydroxylation is 1. The molecule has 0 N–H and O–H groups in total. The molecule has 4 rings (SSSR count). The number of hydrogen-bond acceptors (Lipinski definition) is 7. The third kappa shape index (κ3) is 3.34. The zero-order valence-electron chi connectivity index (χ0n) is 13.1. The number of aromatic nitrogens is 3. The molecule has 3 heterocycles. The Bertz CT molecular complexity index is 991. The molecule has 0 saturated carbocycles. The zero-order chi connectivity index (χ0) is 17.2. The van der Waals surface area contributed by atoms with Crippen molar-refractivity contribution in [3.63, 3.8) is 0 Å². The van der Waals surface area contributed by atoms with E-state index < -0.39 is 0 Å². The fourth-order valence-corrected chi connectivity index (χ4v) is 2.85. The first-order valence-electron chi connectivity index (χ1n) is 7.40. The fraction of sp³-hybridized carbons (Fsp3) is 0.118. The van der Waals surface area contributed by atoms with Gasteiger partial charge in [-0.05, 0) is 37.3 Å². The molecule has 0 atom stereocenters. The standard InChI is InChI=1S/C17H12FN3O3S/c1-10-13(6-7-22-10)16-20-21-17(24-16)25-9-15-19-8-14(23-15)11-2-4-12(18)5-3-11/h2-8H,9H2,1H3. The normalized spacial score (nSPS) is 11.1. The van der Waals surface area contributed by atoms with Crippen molar-refractivity contribution in [3.05, 3.63) is 60.3 Å². The summed E-state index contributed by atoms with van der Waals surface area (Å²) in [6, 6.07) is 7.82. The van der Waals surface area contributed by atoms with E-state index in [4.69, 9.17) is 13.3 Å². The summed E-state index contributed by atoms with van der Waals surface area (Å²) in [5.41, 5.74) is 1.54. The molecular weight excluding hydrogens is 345 g/mol. The summed E-state index contributed by atoms with van der Waals surface area (Å²) >= 11 is 1.32. The maximum atomic E-state index is 13.0. The van der Waals surface area contributed by atoms with Crippen LogP contribution in [0.1, 0.15) is 11.7 Å². The highest BCUT2D eigenvalue weighted by Crippen LogP contribution is 2.29. The summed E-state index contributed by atoms with van der Waals surface area (Å²) in [7, 11) is 0. The Morgan fingerprint density at radius 1 is 1.08 bits per heavy atom. The molecule has 0 fully saturated rings. The lowest BCUT2D eigenvalue weighted by atomic mass is 10.2. The second kappa shape index (κ2) is 6.56. The number of nitrogens with zero attached hydrogens (tertiary/aromatic N) is 3. The Labute approximate surface area is 146 Å². The molecule has 6 nitrogen and oxygen atoms in total. The van der Waals surface area contributed by atoms with Gasteiger partial charge in [0.25, 0.3) is 11.1 Å². The molecule has 0 aliphatic carbocycles. The number of oxazole rings is 1. The summed E-state index contributed by atoms with van der Waals surface area (Å²) in [5.74, 6) is 2.37. The maximum absolute atomic E-state index is 13.0. The Balaban J connectivity index is 1.43. The lowest BCUT2D eigenvalue weighted by Crippen LogP contribution is -1.79. The van der Waals surface area contributed by atoms with Crippen LogP contribution in [0.2, 0.25) is 0 Å². The number of furan rings is 1. The van der Waals surface area contributed by atoms with Crippen molar-refractivity contribution in [3.8, 4) is 22.8 Å². The van der Waals surface area contributed by atoms with Gasteiger partial charge < -0.3 is 13.3 Å². The first kappa shape index (κ1) is 15.6. The summed E-state index contributed by atoms with van der Waals surface area (Å²) in [4.78, 5) is 4.21. The quantitative estimate of drug-likeness (QED) is 0.478. The molecule has 25 heavy (non-hydrogen) atoms. The fourth-order valence-electron chi connectivity index (χ4n) is 2.23. The Kier molecular flexibility index (Phi) is 4.10. The second-order valence-corrected chi connectivity index (χ2v) is 6.10. The van der Waals surface area contributed by atoms with Crippen LogP contribution in [-0.2, 0) is 5.75 Å². The van der Waals surface area contributed by atoms with Crippen molar-refractivity contribution < 1.29 is 17.6 Å². The van der Waals surface area contributed by atoms with E-state index in [9.17, 15) is 4.39 Å². The van der Waals surface area contributed by atoms with E-state index in [1.807, 2.05) is 6.92 Å². The Morgan fingerprint density at radius 3 is 2.68 bits per heavy atom. The molecule has 0 bridgehead atoms. The third-order valence-corrected chi connectivity index (χ3v) is 4.30. The number of benzene rings is 1. The van der Waals surface area contributed by atoms with Crippen molar-refractivity contribution >= 4 is 11.8 Å². The molecule has 0 unspecified atom stereocenters. The highest BCUT2D eigenvalue weighted by atomic mass is 32.2. The van der Waals surface area contributed by atoms with E-state index in [-0.39, 0.29) is 5.82 Å². The Hall–Kier alpha value is -2.87. The Morgan fingerprint density at radius 2 is 1.92 bits per heavy atom. The van der Waals surface area contributed by atoms with Gasteiger partial charge in [0.15, 0.2) is 5.76 Å². The van der Waals surface area contributed by atoms with Gasteiger partial charge in [-0.1, -0.05) is 11.8 Å². The van der Waals surface area contributed by atoms with E-state index in [2.05, 4.69) is 15.2 Å². The predicted octanol–water partition coefficient (Wildman–Crippen LogP) is 4.72. The van der Waals surface area contributed by atoms with Crippen LogP contribution in [-0.4, -0.2) is 15.2 Å². The molecule has 0 radical (unpaired) electrons. The number of thioether (sulfide) groups is 1. The van der Waals surface area contributed by atoms with Gasteiger partial charge in [-0.3, -0.25) is 0 Å². The van der Waals surface area contributed by atoms with Crippen LogP contribution in [0.25, 0.3) is 22.8 Å². The highest BCUT2D eigenvalue weighted by molar-refractivity contribution is 7.98. The summed E-state index contributed by atoms with van der Waals surface area (Å²) in [5, 5.41) is 8.42. The van der Waals surface area contributed by atoms with Crippen LogP contribution in [0, 0.1) is 12.7 Å². The van der Waals surface area contributed by atoms with Crippen LogP contribution in [0.5, 0.6) is 0 Å². The summed E-state index contributed by atoms with van der Waals surface area (Å²) in [6.45, 7) is 1.83. The van der Waals surface area contributed by atoms with Crippen molar-refractivity contribution in [1.29, 1.82) is 0 Å². The monoisotopic (exact) mass is 357 g/mol. The first-order valence-corrected chi connectivity index (χ1v) is 8.39. The van der Waals surface area contributed by atoms with Gasteiger partial charge in [0.1, 0.15) is 11.6 Å². The average molecular weight is 357 g/mol. The van der Waals surface area contributed by atoms with Crippen LogP contribution in [0.4, 0.5) is 4.39 Å². The van der Waals surface area contributed by atoms with Crippen molar-refractivity contribution in [1.82, 2.24) is 15.2 Å². The number of rotatable bonds is 5. The van der Waals surface area contributed by atoms with Gasteiger partial charge in [-0.2, -0.15) is 0 Å². The lowest BCUT2D eigenvalue weighted by molar-refractivity contribution is 0.462. The molecule has 0 amide bonds. The van der Waals surface area contributed by atoms with E-state index in [1.54, 1.807) is 30.7 Å². The van der Waals surface area contributed by atoms with E-state index in [0.717, 1.165) is 16.9 Å². The smallest absolute Gasteiger partial charge is 0.277 e. The van der Waals surface area contributed by atoms with Gasteiger partial charge in [-0.25, -0.2) is 9.37 Å². The van der Waals surface area contributed by atoms with Gasteiger partial charge in [0, 0.05) is 5.56 Å². The minimum Gasteiger partial charge on any atom is -0.469 e. The SMILES string of the molecule is Cc1occc1-c1nnc(SCc2ncc(-c3ccc(F)cc3)o2)o1. The minimum absolute atomic E-state index is 0.292. The third-order valence-electron chi connectivity index (χ3n) is 3.50. The van der Waals surface area contributed by atoms with Gasteiger partial charge in [-0.15, -0.1) is 10.2 Å². The molecule has 3 aromatic heterocycles. The molecule has 0 aliphatic rings. The molecule has 0 spiro atoms. The molecule has 0 saturated heterocycles. The van der Waals surface area contributed by atoms with Gasteiger partial charge in [0.05, 0.1) is 23.8 Å². The predicted molar refractivity (Wildman–Crippen MR) is 88.2 cm³/mol. The van der Waals surface area contributed by atoms with Crippen molar-refractivity contribution in [2.75, 3.05) is 0 Å². The number of halogens is 1. The molecule has 0 aliphatic heterocycles. The van der Waals surface area contributed by atoms with E-state index in [1.165, 1.54) is 23.9 Å².